The first kappa shape index (κ1) is 20.0. The third-order valence-electron chi connectivity index (χ3n) is 3.87. The Morgan fingerprint density at radius 2 is 1.61 bits per heavy atom. The Bertz CT molecular complexity index is 1020. The Hall–Kier alpha value is -2.71. The predicted molar refractivity (Wildman–Crippen MR) is 113 cm³/mol. The van der Waals surface area contributed by atoms with E-state index < -0.39 is 0 Å². The van der Waals surface area contributed by atoms with Crippen LogP contribution in [0.5, 0.6) is 0 Å². The van der Waals surface area contributed by atoms with Crippen LogP contribution in [0.4, 0.5) is 16.5 Å². The molecule has 2 aromatic carbocycles. The fraction of sp³-hybridized carbons (Fsp3) is 0.211. The molecule has 0 saturated heterocycles. The summed E-state index contributed by atoms with van der Waals surface area (Å²) in [6, 6.07) is 15.2. The van der Waals surface area contributed by atoms with Gasteiger partial charge in [-0.05, 0) is 36.4 Å². The van der Waals surface area contributed by atoms with Gasteiger partial charge in [-0.15, -0.1) is 10.2 Å². The van der Waals surface area contributed by atoms with Crippen LogP contribution in [0.1, 0.15) is 12.8 Å². The normalized spacial score (nSPS) is 10.9. The number of benzene rings is 2. The first-order valence-electron chi connectivity index (χ1n) is 8.37. The maximum absolute atomic E-state index is 8.80. The first-order chi connectivity index (χ1) is 13.6. The number of halogens is 2. The molecule has 0 N–H and O–H groups in total. The van der Waals surface area contributed by atoms with E-state index >= 15 is 0 Å². The van der Waals surface area contributed by atoms with Gasteiger partial charge in [0.2, 0.25) is 5.13 Å². The van der Waals surface area contributed by atoms with Crippen LogP contribution in [0, 0.1) is 22.7 Å². The predicted octanol–water partition coefficient (Wildman–Crippen LogP) is 6.65. The smallest absolute Gasteiger partial charge is 0.231 e. The highest BCUT2D eigenvalue weighted by molar-refractivity contribution is 7.22. The molecule has 0 fully saturated rings. The molecule has 28 heavy (non-hydrogen) atoms. The molecule has 1 aromatic heterocycles. The van der Waals surface area contributed by atoms with Crippen molar-refractivity contribution in [1.82, 2.24) is 4.98 Å². The summed E-state index contributed by atoms with van der Waals surface area (Å²) in [5.41, 5.74) is 2.35. The number of hydrogen-bond acceptors (Lipinski definition) is 7. The monoisotopic (exact) mass is 428 g/mol. The molecule has 0 amide bonds. The zero-order valence-corrected chi connectivity index (χ0v) is 17.0. The van der Waals surface area contributed by atoms with Crippen molar-refractivity contribution < 1.29 is 0 Å². The number of fused-ring (bicyclic) bond motifs is 1. The minimum absolute atomic E-state index is 0.401. The van der Waals surface area contributed by atoms with Crippen molar-refractivity contribution in [2.45, 2.75) is 12.8 Å². The summed E-state index contributed by atoms with van der Waals surface area (Å²) in [5, 5.41) is 27.5. The standard InChI is InChI=1S/C19H14Cl2N6S/c20-15-11-17-18(12-16(15)21)28-19(24-17)26-25-13-3-5-14(6-4-13)27(9-1-7-22)10-2-8-23/h3-6,11-12H,1-2,9-10H2. The Morgan fingerprint density at radius 3 is 2.25 bits per heavy atom. The van der Waals surface area contributed by atoms with E-state index in [1.807, 2.05) is 29.2 Å². The second kappa shape index (κ2) is 9.48. The van der Waals surface area contributed by atoms with Crippen molar-refractivity contribution in [1.29, 1.82) is 10.5 Å². The molecule has 3 aromatic rings. The maximum atomic E-state index is 8.80. The molecule has 0 radical (unpaired) electrons. The van der Waals surface area contributed by atoms with Gasteiger partial charge in [0.1, 0.15) is 0 Å². The average molecular weight is 429 g/mol. The number of azo groups is 1. The third-order valence-corrected chi connectivity index (χ3v) is 5.50. The van der Waals surface area contributed by atoms with Crippen molar-refractivity contribution in [2.75, 3.05) is 18.0 Å². The van der Waals surface area contributed by atoms with Gasteiger partial charge in [0.25, 0.3) is 0 Å². The number of nitriles is 2. The van der Waals surface area contributed by atoms with Crippen molar-refractivity contribution in [3.63, 3.8) is 0 Å². The van der Waals surface area contributed by atoms with Crippen LogP contribution in [-0.4, -0.2) is 18.1 Å². The maximum Gasteiger partial charge on any atom is 0.231 e. The van der Waals surface area contributed by atoms with Crippen LogP contribution in [0.15, 0.2) is 46.6 Å². The Labute approximate surface area is 176 Å². The molecule has 140 valence electrons. The highest BCUT2D eigenvalue weighted by Crippen LogP contribution is 2.34. The summed E-state index contributed by atoms with van der Waals surface area (Å²) in [4.78, 5) is 6.40. The quantitative estimate of drug-likeness (QED) is 0.393. The minimum Gasteiger partial charge on any atom is -0.369 e. The lowest BCUT2D eigenvalue weighted by Crippen LogP contribution is -2.25. The molecule has 0 spiro atoms. The summed E-state index contributed by atoms with van der Waals surface area (Å²) in [5.74, 6) is 0. The fourth-order valence-electron chi connectivity index (χ4n) is 2.52. The van der Waals surface area contributed by atoms with Gasteiger partial charge < -0.3 is 4.90 Å². The van der Waals surface area contributed by atoms with Crippen molar-refractivity contribution >= 4 is 61.3 Å². The van der Waals surface area contributed by atoms with Crippen molar-refractivity contribution in [3.8, 4) is 12.1 Å². The number of anilines is 1. The molecule has 0 bridgehead atoms. The minimum atomic E-state index is 0.401. The number of aromatic nitrogens is 1. The van der Waals surface area contributed by atoms with E-state index in [-0.39, 0.29) is 0 Å². The number of hydrogen-bond donors (Lipinski definition) is 0. The van der Waals surface area contributed by atoms with Crippen molar-refractivity contribution in [3.05, 3.63) is 46.4 Å². The zero-order chi connectivity index (χ0) is 19.9. The lowest BCUT2D eigenvalue weighted by molar-refractivity contribution is 0.796. The van der Waals surface area contributed by atoms with Gasteiger partial charge in [0.05, 0.1) is 50.9 Å². The molecule has 0 aliphatic rings. The molecule has 6 nitrogen and oxygen atoms in total. The number of thiazole rings is 1. The highest BCUT2D eigenvalue weighted by Gasteiger charge is 2.08. The molecule has 1 heterocycles. The summed E-state index contributed by atoms with van der Waals surface area (Å²) >= 11 is 13.4. The summed E-state index contributed by atoms with van der Waals surface area (Å²) in [6.45, 7) is 1.16. The average Bonchev–Trinajstić information content (AvgIpc) is 3.09. The van der Waals surface area contributed by atoms with E-state index in [1.165, 1.54) is 11.3 Å². The van der Waals surface area contributed by atoms with E-state index in [0.717, 1.165) is 15.9 Å². The van der Waals surface area contributed by atoms with Crippen LogP contribution in [0.3, 0.4) is 0 Å². The highest BCUT2D eigenvalue weighted by atomic mass is 35.5. The molecule has 0 atom stereocenters. The molecule has 0 aliphatic carbocycles. The Balaban J connectivity index is 1.74. The summed E-state index contributed by atoms with van der Waals surface area (Å²) in [6.07, 6.45) is 0.803. The van der Waals surface area contributed by atoms with E-state index in [0.29, 0.717) is 46.8 Å². The SMILES string of the molecule is N#CCCN(CCC#N)c1ccc(N=Nc2nc3cc(Cl)c(Cl)cc3s2)cc1. The summed E-state index contributed by atoms with van der Waals surface area (Å²) < 4.78 is 0.893. The molecule has 0 unspecified atom stereocenters. The molecular formula is C19H14Cl2N6S. The first-order valence-corrected chi connectivity index (χ1v) is 9.94. The molecule has 9 heteroatoms. The lowest BCUT2D eigenvalue weighted by Gasteiger charge is -2.22. The Kier molecular flexibility index (Phi) is 6.78. The van der Waals surface area contributed by atoms with Gasteiger partial charge in [-0.25, -0.2) is 4.98 Å². The second-order valence-electron chi connectivity index (χ2n) is 5.75. The number of nitrogens with zero attached hydrogens (tertiary/aromatic N) is 6. The van der Waals surface area contributed by atoms with Crippen LogP contribution < -0.4 is 4.90 Å². The van der Waals surface area contributed by atoms with Gasteiger partial charge in [-0.1, -0.05) is 34.5 Å². The third kappa shape index (κ3) is 4.96. The van der Waals surface area contributed by atoms with Crippen LogP contribution in [0.25, 0.3) is 10.2 Å². The summed E-state index contributed by atoms with van der Waals surface area (Å²) in [7, 11) is 0. The van der Waals surface area contributed by atoms with Crippen LogP contribution >= 0.6 is 34.5 Å². The molecule has 3 rings (SSSR count). The zero-order valence-electron chi connectivity index (χ0n) is 14.6. The Morgan fingerprint density at radius 1 is 0.964 bits per heavy atom. The van der Waals surface area contributed by atoms with E-state index in [1.54, 1.807) is 12.1 Å². The van der Waals surface area contributed by atoms with Gasteiger partial charge in [0.15, 0.2) is 0 Å². The topological polar surface area (TPSA) is 88.4 Å². The van der Waals surface area contributed by atoms with Gasteiger partial charge in [0, 0.05) is 18.8 Å². The van der Waals surface area contributed by atoms with E-state index in [4.69, 9.17) is 33.7 Å². The van der Waals surface area contributed by atoms with Gasteiger partial charge in [-0.3, -0.25) is 0 Å². The largest absolute Gasteiger partial charge is 0.369 e. The molecular weight excluding hydrogens is 415 g/mol. The molecule has 0 aliphatic heterocycles. The van der Waals surface area contributed by atoms with E-state index in [2.05, 4.69) is 27.4 Å². The second-order valence-corrected chi connectivity index (χ2v) is 7.57. The van der Waals surface area contributed by atoms with Crippen LogP contribution in [0.2, 0.25) is 10.0 Å². The molecule has 0 saturated carbocycles. The lowest BCUT2D eigenvalue weighted by atomic mass is 10.2. The van der Waals surface area contributed by atoms with Gasteiger partial charge >= 0.3 is 0 Å². The van der Waals surface area contributed by atoms with Crippen molar-refractivity contribution in [2.24, 2.45) is 10.2 Å². The van der Waals surface area contributed by atoms with E-state index in [9.17, 15) is 0 Å². The number of rotatable bonds is 7. The fourth-order valence-corrected chi connectivity index (χ4v) is 3.72. The van der Waals surface area contributed by atoms with Gasteiger partial charge in [-0.2, -0.15) is 10.5 Å². The van der Waals surface area contributed by atoms with Crippen LogP contribution in [-0.2, 0) is 0 Å².